The number of nitrogens with zero attached hydrogens (tertiary/aromatic N) is 2. The predicted molar refractivity (Wildman–Crippen MR) is 75.7 cm³/mol. The first kappa shape index (κ1) is 13.6. The van der Waals surface area contributed by atoms with Crippen LogP contribution in [-0.4, -0.2) is 14.9 Å². The summed E-state index contributed by atoms with van der Waals surface area (Å²) in [6.45, 7) is 2.54. The van der Waals surface area contributed by atoms with Gasteiger partial charge in [-0.2, -0.15) is 5.10 Å². The van der Waals surface area contributed by atoms with Crippen molar-refractivity contribution in [2.24, 2.45) is 0 Å². The molecule has 0 saturated heterocycles. The van der Waals surface area contributed by atoms with Crippen LogP contribution in [0.4, 0.5) is 0 Å². The molecule has 0 amide bonds. The van der Waals surface area contributed by atoms with Crippen molar-refractivity contribution in [1.82, 2.24) is 9.78 Å². The molecule has 0 aliphatic rings. The molecule has 3 nitrogen and oxygen atoms in total. The molecule has 0 radical (unpaired) electrons. The average Bonchev–Trinajstić information content (AvgIpc) is 2.80. The Morgan fingerprint density at radius 3 is 2.94 bits per heavy atom. The Labute approximate surface area is 120 Å². The Morgan fingerprint density at radius 2 is 2.28 bits per heavy atom. The second kappa shape index (κ2) is 5.87. The standard InChI is InChI=1S/C13H14BrClN2O/c1-2-13(18)10-6-16-17(8-10)7-9-3-4-11(14)5-12(9)15/h3-6,8,13,18H,2,7H2,1H3. The van der Waals surface area contributed by atoms with Crippen molar-refractivity contribution in [3.8, 4) is 0 Å². The summed E-state index contributed by atoms with van der Waals surface area (Å²) >= 11 is 9.53. The van der Waals surface area contributed by atoms with E-state index in [0.29, 0.717) is 18.0 Å². The summed E-state index contributed by atoms with van der Waals surface area (Å²) in [5.41, 5.74) is 1.84. The van der Waals surface area contributed by atoms with E-state index in [1.54, 1.807) is 10.9 Å². The van der Waals surface area contributed by atoms with Gasteiger partial charge < -0.3 is 5.11 Å². The number of rotatable bonds is 4. The molecule has 0 spiro atoms. The van der Waals surface area contributed by atoms with Crippen LogP contribution in [0.2, 0.25) is 5.02 Å². The molecule has 1 aromatic heterocycles. The summed E-state index contributed by atoms with van der Waals surface area (Å²) in [6.07, 6.45) is 3.79. The van der Waals surface area contributed by atoms with Gasteiger partial charge in [0, 0.05) is 21.3 Å². The van der Waals surface area contributed by atoms with Crippen LogP contribution >= 0.6 is 27.5 Å². The van der Waals surface area contributed by atoms with Gasteiger partial charge in [0.1, 0.15) is 0 Å². The highest BCUT2D eigenvalue weighted by Crippen LogP contribution is 2.22. The maximum atomic E-state index is 9.71. The third-order valence-electron chi connectivity index (χ3n) is 2.77. The fourth-order valence-electron chi connectivity index (χ4n) is 1.70. The Morgan fingerprint density at radius 1 is 1.50 bits per heavy atom. The van der Waals surface area contributed by atoms with Crippen molar-refractivity contribution < 1.29 is 5.11 Å². The van der Waals surface area contributed by atoms with Crippen LogP contribution in [0.5, 0.6) is 0 Å². The molecule has 1 heterocycles. The zero-order valence-corrected chi connectivity index (χ0v) is 12.3. The van der Waals surface area contributed by atoms with E-state index in [4.69, 9.17) is 11.6 Å². The predicted octanol–water partition coefficient (Wildman–Crippen LogP) is 3.79. The van der Waals surface area contributed by atoms with Crippen molar-refractivity contribution in [2.45, 2.75) is 26.0 Å². The van der Waals surface area contributed by atoms with Gasteiger partial charge >= 0.3 is 0 Å². The monoisotopic (exact) mass is 328 g/mol. The molecule has 1 unspecified atom stereocenters. The maximum Gasteiger partial charge on any atom is 0.0817 e. The zero-order chi connectivity index (χ0) is 13.1. The molecular formula is C13H14BrClN2O. The third kappa shape index (κ3) is 3.13. The van der Waals surface area contributed by atoms with Gasteiger partial charge in [-0.05, 0) is 24.1 Å². The Kier molecular flexibility index (Phi) is 4.43. The highest BCUT2D eigenvalue weighted by molar-refractivity contribution is 9.10. The summed E-state index contributed by atoms with van der Waals surface area (Å²) in [4.78, 5) is 0. The van der Waals surface area contributed by atoms with Crippen molar-refractivity contribution >= 4 is 27.5 Å². The molecule has 1 N–H and O–H groups in total. The Hall–Kier alpha value is -0.840. The summed E-state index contributed by atoms with van der Waals surface area (Å²) in [6, 6.07) is 5.78. The van der Waals surface area contributed by atoms with E-state index in [1.807, 2.05) is 31.3 Å². The van der Waals surface area contributed by atoms with Crippen LogP contribution < -0.4 is 0 Å². The number of hydrogen-bond donors (Lipinski definition) is 1. The number of halogens is 2. The molecule has 1 atom stereocenters. The summed E-state index contributed by atoms with van der Waals surface area (Å²) in [5.74, 6) is 0. The second-order valence-electron chi connectivity index (χ2n) is 4.13. The van der Waals surface area contributed by atoms with Crippen LogP contribution in [0.3, 0.4) is 0 Å². The lowest BCUT2D eigenvalue weighted by molar-refractivity contribution is 0.173. The van der Waals surface area contributed by atoms with E-state index in [-0.39, 0.29) is 0 Å². The number of aliphatic hydroxyl groups excluding tert-OH is 1. The molecule has 0 aliphatic carbocycles. The fraction of sp³-hybridized carbons (Fsp3) is 0.308. The SMILES string of the molecule is CCC(O)c1cnn(Cc2ccc(Br)cc2Cl)c1. The molecule has 2 rings (SSSR count). The minimum absolute atomic E-state index is 0.445. The molecule has 0 fully saturated rings. The average molecular weight is 330 g/mol. The lowest BCUT2D eigenvalue weighted by Crippen LogP contribution is -2.01. The highest BCUT2D eigenvalue weighted by atomic mass is 79.9. The van der Waals surface area contributed by atoms with Crippen molar-refractivity contribution in [2.75, 3.05) is 0 Å². The molecule has 96 valence electrons. The Balaban J connectivity index is 2.16. The van der Waals surface area contributed by atoms with Crippen molar-refractivity contribution in [3.63, 3.8) is 0 Å². The Bertz CT molecular complexity index is 542. The first-order valence-corrected chi connectivity index (χ1v) is 6.91. The van der Waals surface area contributed by atoms with E-state index in [1.165, 1.54) is 0 Å². The van der Waals surface area contributed by atoms with Gasteiger partial charge in [-0.1, -0.05) is 40.5 Å². The molecule has 5 heteroatoms. The third-order valence-corrected chi connectivity index (χ3v) is 3.62. The van der Waals surface area contributed by atoms with Gasteiger partial charge in [0.15, 0.2) is 0 Å². The van der Waals surface area contributed by atoms with E-state index in [9.17, 15) is 5.11 Å². The summed E-state index contributed by atoms with van der Waals surface area (Å²) in [7, 11) is 0. The highest BCUT2D eigenvalue weighted by Gasteiger charge is 2.08. The molecule has 0 bridgehead atoms. The first-order chi connectivity index (χ1) is 8.60. The van der Waals surface area contributed by atoms with Crippen LogP contribution in [0.15, 0.2) is 35.1 Å². The molecule has 2 aromatic rings. The number of aliphatic hydroxyl groups is 1. The first-order valence-electron chi connectivity index (χ1n) is 5.74. The smallest absolute Gasteiger partial charge is 0.0817 e. The second-order valence-corrected chi connectivity index (χ2v) is 5.45. The largest absolute Gasteiger partial charge is 0.388 e. The fourth-order valence-corrected chi connectivity index (χ4v) is 2.43. The number of benzene rings is 1. The van der Waals surface area contributed by atoms with Crippen LogP contribution in [-0.2, 0) is 6.54 Å². The zero-order valence-electron chi connectivity index (χ0n) is 9.98. The summed E-state index contributed by atoms with van der Waals surface area (Å²) < 4.78 is 2.74. The molecule has 0 saturated carbocycles. The summed E-state index contributed by atoms with van der Waals surface area (Å²) in [5, 5.41) is 14.7. The molecule has 1 aromatic carbocycles. The van der Waals surface area contributed by atoms with Gasteiger partial charge in [0.05, 0.1) is 18.8 Å². The quantitative estimate of drug-likeness (QED) is 0.926. The topological polar surface area (TPSA) is 38.1 Å². The van der Waals surface area contributed by atoms with Crippen molar-refractivity contribution in [1.29, 1.82) is 0 Å². The van der Waals surface area contributed by atoms with E-state index in [2.05, 4.69) is 21.0 Å². The van der Waals surface area contributed by atoms with E-state index < -0.39 is 6.10 Å². The van der Waals surface area contributed by atoms with Gasteiger partial charge in [0.25, 0.3) is 0 Å². The van der Waals surface area contributed by atoms with Crippen LogP contribution in [0.25, 0.3) is 0 Å². The van der Waals surface area contributed by atoms with Crippen molar-refractivity contribution in [3.05, 3.63) is 51.2 Å². The molecule has 0 aliphatic heterocycles. The molecular weight excluding hydrogens is 316 g/mol. The van der Waals surface area contributed by atoms with Crippen LogP contribution in [0.1, 0.15) is 30.6 Å². The minimum Gasteiger partial charge on any atom is -0.388 e. The molecule has 18 heavy (non-hydrogen) atoms. The van der Waals surface area contributed by atoms with Gasteiger partial charge in [0.2, 0.25) is 0 Å². The van der Waals surface area contributed by atoms with E-state index in [0.717, 1.165) is 15.6 Å². The van der Waals surface area contributed by atoms with Gasteiger partial charge in [-0.3, -0.25) is 4.68 Å². The normalized spacial score (nSPS) is 12.7. The maximum absolute atomic E-state index is 9.71. The number of hydrogen-bond acceptors (Lipinski definition) is 2. The van der Waals surface area contributed by atoms with Crippen LogP contribution in [0, 0.1) is 0 Å². The van der Waals surface area contributed by atoms with Gasteiger partial charge in [-0.15, -0.1) is 0 Å². The lowest BCUT2D eigenvalue weighted by Gasteiger charge is -2.05. The van der Waals surface area contributed by atoms with Gasteiger partial charge in [-0.25, -0.2) is 0 Å². The lowest BCUT2D eigenvalue weighted by atomic mass is 10.1. The van der Waals surface area contributed by atoms with E-state index >= 15 is 0 Å². The minimum atomic E-state index is -0.445. The number of aromatic nitrogens is 2.